The van der Waals surface area contributed by atoms with Crippen LogP contribution in [-0.4, -0.2) is 39.2 Å². The highest BCUT2D eigenvalue weighted by Gasteiger charge is 2.69. The van der Waals surface area contributed by atoms with Gasteiger partial charge in [-0.15, -0.1) is 0 Å². The Morgan fingerprint density at radius 1 is 1.29 bits per heavy atom. The van der Waals surface area contributed by atoms with Crippen molar-refractivity contribution >= 4 is 21.4 Å². The molecule has 0 aliphatic heterocycles. The number of rotatable bonds is 7. The van der Waals surface area contributed by atoms with Crippen LogP contribution in [-0.2, 0) is 14.6 Å². The minimum Gasteiger partial charge on any atom is -0.381 e. The van der Waals surface area contributed by atoms with Gasteiger partial charge in [0.1, 0.15) is 0 Å². The Morgan fingerprint density at radius 2 is 1.90 bits per heavy atom. The Kier molecular flexibility index (Phi) is 4.98. The van der Waals surface area contributed by atoms with Crippen LogP contribution in [0.25, 0.3) is 0 Å². The van der Waals surface area contributed by atoms with Gasteiger partial charge in [-0.3, -0.25) is 0 Å². The lowest BCUT2D eigenvalue weighted by Gasteiger charge is -2.15. The van der Waals surface area contributed by atoms with E-state index in [2.05, 4.69) is 0 Å². The van der Waals surface area contributed by atoms with Crippen molar-refractivity contribution in [3.8, 4) is 0 Å². The normalized spacial score (nSPS) is 28.6. The molecule has 0 unspecified atom stereocenters. The predicted molar refractivity (Wildman–Crippen MR) is 85.4 cm³/mol. The van der Waals surface area contributed by atoms with Crippen molar-refractivity contribution in [2.75, 3.05) is 25.5 Å². The molecular weight excluding hydrogens is 310 g/mol. The Morgan fingerprint density at radius 3 is 2.38 bits per heavy atom. The third kappa shape index (κ3) is 2.97. The summed E-state index contributed by atoms with van der Waals surface area (Å²) in [4.78, 5) is 0. The average molecular weight is 332 g/mol. The molecule has 2 N–H and O–H groups in total. The number of benzene rings is 1. The van der Waals surface area contributed by atoms with Gasteiger partial charge in [-0.05, 0) is 24.6 Å². The summed E-state index contributed by atoms with van der Waals surface area (Å²) in [5, 5.41) is 0.171. The largest absolute Gasteiger partial charge is 0.381 e. The molecule has 0 saturated heterocycles. The van der Waals surface area contributed by atoms with Crippen LogP contribution in [0.4, 0.5) is 0 Å². The zero-order chi connectivity index (χ0) is 15.7. The molecule has 0 spiro atoms. The second-order valence-corrected chi connectivity index (χ2v) is 8.32. The highest BCUT2D eigenvalue weighted by Crippen LogP contribution is 2.62. The molecule has 4 nitrogen and oxygen atoms in total. The Bertz CT molecular complexity index is 587. The van der Waals surface area contributed by atoms with Gasteiger partial charge in [0, 0.05) is 35.3 Å². The highest BCUT2D eigenvalue weighted by molar-refractivity contribution is 7.92. The second kappa shape index (κ2) is 6.24. The van der Waals surface area contributed by atoms with Gasteiger partial charge in [-0.1, -0.05) is 30.7 Å². The van der Waals surface area contributed by atoms with E-state index in [0.717, 1.165) is 5.56 Å². The fraction of sp³-hybridized carbons (Fsp3) is 0.600. The lowest BCUT2D eigenvalue weighted by Crippen LogP contribution is -2.29. The SMILES string of the molecule is CCOC[C@@]1(CN)[C@H](S(=O)(=O)CC)[C@@H]1c1ccc(Cl)cc1. The van der Waals surface area contributed by atoms with E-state index in [1.54, 1.807) is 19.1 Å². The van der Waals surface area contributed by atoms with Crippen LogP contribution < -0.4 is 5.73 Å². The van der Waals surface area contributed by atoms with Gasteiger partial charge in [0.25, 0.3) is 0 Å². The molecule has 1 fully saturated rings. The van der Waals surface area contributed by atoms with Crippen LogP contribution in [0.15, 0.2) is 24.3 Å². The molecule has 1 aliphatic rings. The van der Waals surface area contributed by atoms with Crippen molar-refractivity contribution < 1.29 is 13.2 Å². The summed E-state index contributed by atoms with van der Waals surface area (Å²) in [6.07, 6.45) is 0. The van der Waals surface area contributed by atoms with Crippen molar-refractivity contribution in [2.45, 2.75) is 25.0 Å². The number of ether oxygens (including phenoxy) is 1. The Hall–Kier alpha value is -0.620. The number of hydrogen-bond donors (Lipinski definition) is 1. The molecule has 1 aromatic carbocycles. The van der Waals surface area contributed by atoms with Crippen LogP contribution in [0.2, 0.25) is 5.02 Å². The summed E-state index contributed by atoms with van der Waals surface area (Å²) in [7, 11) is -3.18. The molecule has 0 amide bonds. The van der Waals surface area contributed by atoms with Crippen LogP contribution in [0.1, 0.15) is 25.3 Å². The zero-order valence-corrected chi connectivity index (χ0v) is 14.0. The Balaban J connectivity index is 2.38. The van der Waals surface area contributed by atoms with E-state index in [-0.39, 0.29) is 11.7 Å². The number of nitrogens with two attached hydrogens (primary N) is 1. The average Bonchev–Trinajstić information content (AvgIpc) is 3.16. The summed E-state index contributed by atoms with van der Waals surface area (Å²) in [5.41, 5.74) is 6.39. The number of hydrogen-bond acceptors (Lipinski definition) is 4. The molecule has 0 aromatic heterocycles. The van der Waals surface area contributed by atoms with Crippen LogP contribution in [0, 0.1) is 5.41 Å². The molecule has 21 heavy (non-hydrogen) atoms. The van der Waals surface area contributed by atoms with Gasteiger partial charge in [0.2, 0.25) is 0 Å². The first kappa shape index (κ1) is 16.7. The fourth-order valence-electron chi connectivity index (χ4n) is 3.14. The van der Waals surface area contributed by atoms with Gasteiger partial charge < -0.3 is 10.5 Å². The Labute approximate surface area is 131 Å². The molecule has 6 heteroatoms. The van der Waals surface area contributed by atoms with Crippen molar-refractivity contribution in [1.82, 2.24) is 0 Å². The molecule has 0 heterocycles. The quantitative estimate of drug-likeness (QED) is 0.831. The van der Waals surface area contributed by atoms with Crippen molar-refractivity contribution in [3.05, 3.63) is 34.9 Å². The van der Waals surface area contributed by atoms with E-state index in [0.29, 0.717) is 24.8 Å². The third-order valence-corrected chi connectivity index (χ3v) is 6.93. The maximum atomic E-state index is 12.4. The van der Waals surface area contributed by atoms with Crippen LogP contribution in [0.3, 0.4) is 0 Å². The van der Waals surface area contributed by atoms with Gasteiger partial charge in [-0.25, -0.2) is 8.42 Å². The lowest BCUT2D eigenvalue weighted by atomic mass is 10.00. The monoisotopic (exact) mass is 331 g/mol. The first-order valence-corrected chi connectivity index (χ1v) is 9.27. The van der Waals surface area contributed by atoms with Gasteiger partial charge >= 0.3 is 0 Å². The van der Waals surface area contributed by atoms with E-state index in [1.165, 1.54) is 0 Å². The summed E-state index contributed by atoms with van der Waals surface area (Å²) in [6, 6.07) is 7.34. The molecular formula is C15H22ClNO3S. The lowest BCUT2D eigenvalue weighted by molar-refractivity contribution is 0.101. The van der Waals surface area contributed by atoms with Crippen LogP contribution >= 0.6 is 11.6 Å². The summed E-state index contributed by atoms with van der Waals surface area (Å²) >= 11 is 5.91. The van der Waals surface area contributed by atoms with E-state index in [1.807, 2.05) is 19.1 Å². The summed E-state index contributed by atoms with van der Waals surface area (Å²) < 4.78 is 30.4. The topological polar surface area (TPSA) is 69.4 Å². The van der Waals surface area contributed by atoms with Gasteiger partial charge in [0.15, 0.2) is 9.84 Å². The van der Waals surface area contributed by atoms with Gasteiger partial charge in [-0.2, -0.15) is 0 Å². The number of sulfone groups is 1. The van der Waals surface area contributed by atoms with E-state index in [9.17, 15) is 8.42 Å². The number of halogens is 1. The molecule has 1 saturated carbocycles. The molecule has 0 radical (unpaired) electrons. The molecule has 0 bridgehead atoms. The molecule has 2 rings (SSSR count). The second-order valence-electron chi connectivity index (χ2n) is 5.48. The fourth-order valence-corrected chi connectivity index (χ4v) is 5.42. The highest BCUT2D eigenvalue weighted by atomic mass is 35.5. The third-order valence-electron chi connectivity index (χ3n) is 4.35. The van der Waals surface area contributed by atoms with E-state index >= 15 is 0 Å². The summed E-state index contributed by atoms with van der Waals surface area (Å²) in [5.74, 6) is 0.00610. The van der Waals surface area contributed by atoms with Crippen molar-refractivity contribution in [1.29, 1.82) is 0 Å². The predicted octanol–water partition coefficient (Wildman–Crippen LogP) is 2.22. The smallest absolute Gasteiger partial charge is 0.154 e. The molecule has 3 atom stereocenters. The van der Waals surface area contributed by atoms with Crippen molar-refractivity contribution in [2.24, 2.45) is 11.1 Å². The zero-order valence-electron chi connectivity index (χ0n) is 12.4. The maximum absolute atomic E-state index is 12.4. The first-order valence-electron chi connectivity index (χ1n) is 7.17. The summed E-state index contributed by atoms with van der Waals surface area (Å²) in [6.45, 7) is 4.79. The van der Waals surface area contributed by atoms with E-state index in [4.69, 9.17) is 22.1 Å². The van der Waals surface area contributed by atoms with Gasteiger partial charge in [0.05, 0.1) is 11.9 Å². The minimum absolute atomic E-state index is 0.115. The van der Waals surface area contributed by atoms with Crippen molar-refractivity contribution in [3.63, 3.8) is 0 Å². The van der Waals surface area contributed by atoms with Crippen LogP contribution in [0.5, 0.6) is 0 Å². The molecule has 1 aromatic rings. The molecule has 118 valence electrons. The molecule has 1 aliphatic carbocycles. The van der Waals surface area contributed by atoms with E-state index < -0.39 is 20.5 Å². The first-order chi connectivity index (χ1) is 9.93. The minimum atomic E-state index is -3.18. The maximum Gasteiger partial charge on any atom is 0.154 e. The standard InChI is InChI=1S/C15H22ClNO3S/c1-3-20-10-15(9-17)13(14(15)21(18,19)4-2)11-5-7-12(16)8-6-11/h5-8,13-14H,3-4,9-10,17H2,1-2H3/t13-,14+,15+/m0/s1.